The monoisotopic (exact) mass is 327 g/mol. The molecule has 0 bridgehead atoms. The number of benzene rings is 1. The number of aromatic nitrogens is 2. The van der Waals surface area contributed by atoms with Crippen molar-refractivity contribution in [2.75, 3.05) is 5.32 Å². The second-order valence-electron chi connectivity index (χ2n) is 3.81. The van der Waals surface area contributed by atoms with Gasteiger partial charge in [0.05, 0.1) is 6.33 Å². The molecule has 0 aliphatic heterocycles. The van der Waals surface area contributed by atoms with Crippen molar-refractivity contribution in [2.45, 2.75) is 13.0 Å². The Morgan fingerprint density at radius 3 is 2.72 bits per heavy atom. The van der Waals surface area contributed by atoms with Crippen LogP contribution in [0.25, 0.3) is 0 Å². The molecule has 0 aliphatic rings. The number of hydrogen-bond donors (Lipinski definition) is 2. The molecule has 2 aromatic rings. The van der Waals surface area contributed by atoms with E-state index in [0.717, 1.165) is 10.0 Å². The van der Waals surface area contributed by atoms with Crippen molar-refractivity contribution in [3.63, 3.8) is 0 Å². The van der Waals surface area contributed by atoms with E-state index in [4.69, 9.17) is 11.6 Å². The molecule has 1 heterocycles. The standard InChI is InChI=1S/C12H11BrClN3O/c1-7(8-2-4-9(13)5-3-8)17-11-10(14)12(18)16-6-15-11/h2-7H,1H3,(H2,15,16,17,18). The average molecular weight is 329 g/mol. The molecule has 0 amide bonds. The predicted molar refractivity (Wildman–Crippen MR) is 76.0 cm³/mol. The summed E-state index contributed by atoms with van der Waals surface area (Å²) < 4.78 is 1.02. The molecule has 0 fully saturated rings. The van der Waals surface area contributed by atoms with E-state index >= 15 is 0 Å². The summed E-state index contributed by atoms with van der Waals surface area (Å²) in [5.41, 5.74) is 0.730. The van der Waals surface area contributed by atoms with Gasteiger partial charge in [0, 0.05) is 10.5 Å². The van der Waals surface area contributed by atoms with Gasteiger partial charge in [0.1, 0.15) is 5.02 Å². The first-order chi connectivity index (χ1) is 8.58. The minimum Gasteiger partial charge on any atom is -0.362 e. The maximum Gasteiger partial charge on any atom is 0.271 e. The lowest BCUT2D eigenvalue weighted by atomic mass is 10.1. The van der Waals surface area contributed by atoms with Crippen LogP contribution in [-0.4, -0.2) is 9.97 Å². The molecule has 2 N–H and O–H groups in total. The number of hydrogen-bond acceptors (Lipinski definition) is 3. The van der Waals surface area contributed by atoms with E-state index in [1.807, 2.05) is 31.2 Å². The zero-order valence-corrected chi connectivity index (χ0v) is 11.9. The number of rotatable bonds is 3. The zero-order valence-electron chi connectivity index (χ0n) is 9.58. The Morgan fingerprint density at radius 1 is 1.39 bits per heavy atom. The quantitative estimate of drug-likeness (QED) is 0.908. The first-order valence-corrected chi connectivity index (χ1v) is 6.50. The van der Waals surface area contributed by atoms with Gasteiger partial charge in [-0.1, -0.05) is 39.7 Å². The lowest BCUT2D eigenvalue weighted by molar-refractivity contribution is 0.870. The summed E-state index contributed by atoms with van der Waals surface area (Å²) in [7, 11) is 0. The van der Waals surface area contributed by atoms with Gasteiger partial charge < -0.3 is 10.3 Å². The number of anilines is 1. The number of halogens is 2. The third kappa shape index (κ3) is 2.91. The van der Waals surface area contributed by atoms with E-state index in [0.29, 0.717) is 5.82 Å². The molecule has 18 heavy (non-hydrogen) atoms. The molecule has 4 nitrogen and oxygen atoms in total. The van der Waals surface area contributed by atoms with Crippen LogP contribution in [-0.2, 0) is 0 Å². The molecule has 1 aromatic heterocycles. The summed E-state index contributed by atoms with van der Waals surface area (Å²) in [5, 5.41) is 3.18. The lowest BCUT2D eigenvalue weighted by Crippen LogP contribution is -2.14. The number of nitrogens with one attached hydrogen (secondary N) is 2. The lowest BCUT2D eigenvalue weighted by Gasteiger charge is -2.15. The molecule has 0 spiro atoms. The second kappa shape index (κ2) is 5.54. The van der Waals surface area contributed by atoms with Crippen LogP contribution in [0.1, 0.15) is 18.5 Å². The number of aromatic amines is 1. The van der Waals surface area contributed by atoms with E-state index in [2.05, 4.69) is 31.2 Å². The fourth-order valence-corrected chi connectivity index (χ4v) is 1.95. The topological polar surface area (TPSA) is 57.8 Å². The SMILES string of the molecule is CC(Nc1nc[nH]c(=O)c1Cl)c1ccc(Br)cc1. The van der Waals surface area contributed by atoms with Crippen LogP contribution in [0.5, 0.6) is 0 Å². The van der Waals surface area contributed by atoms with E-state index in [1.54, 1.807) is 0 Å². The Labute approximate surface area is 118 Å². The third-order valence-electron chi connectivity index (χ3n) is 2.52. The van der Waals surface area contributed by atoms with E-state index in [-0.39, 0.29) is 16.6 Å². The minimum atomic E-state index is -0.350. The molecule has 1 unspecified atom stereocenters. The zero-order chi connectivity index (χ0) is 13.1. The van der Waals surface area contributed by atoms with Crippen molar-refractivity contribution < 1.29 is 0 Å². The maximum atomic E-state index is 11.3. The molecule has 6 heteroatoms. The Balaban J connectivity index is 2.21. The third-order valence-corrected chi connectivity index (χ3v) is 3.40. The largest absolute Gasteiger partial charge is 0.362 e. The molecular weight excluding hydrogens is 318 g/mol. The molecular formula is C12H11BrClN3O. The minimum absolute atomic E-state index is 0.00454. The molecule has 1 atom stereocenters. The normalized spacial score (nSPS) is 12.2. The van der Waals surface area contributed by atoms with Crippen LogP contribution in [0, 0.1) is 0 Å². The van der Waals surface area contributed by atoms with Gasteiger partial charge in [-0.3, -0.25) is 4.79 Å². The van der Waals surface area contributed by atoms with Crippen LogP contribution in [0.2, 0.25) is 5.02 Å². The highest BCUT2D eigenvalue weighted by molar-refractivity contribution is 9.10. The smallest absolute Gasteiger partial charge is 0.271 e. The molecule has 0 radical (unpaired) electrons. The first-order valence-electron chi connectivity index (χ1n) is 5.33. The van der Waals surface area contributed by atoms with Crippen molar-refractivity contribution in [3.8, 4) is 0 Å². The van der Waals surface area contributed by atoms with Gasteiger partial charge in [-0.05, 0) is 24.6 Å². The Kier molecular flexibility index (Phi) is 4.04. The Morgan fingerprint density at radius 2 is 2.06 bits per heavy atom. The highest BCUT2D eigenvalue weighted by Crippen LogP contribution is 2.22. The molecule has 94 valence electrons. The van der Waals surface area contributed by atoms with E-state index in [1.165, 1.54) is 6.33 Å². The van der Waals surface area contributed by atoms with Crippen molar-refractivity contribution in [1.29, 1.82) is 0 Å². The van der Waals surface area contributed by atoms with Crippen molar-refractivity contribution in [3.05, 3.63) is 56.0 Å². The Hall–Kier alpha value is -1.33. The second-order valence-corrected chi connectivity index (χ2v) is 5.11. The van der Waals surface area contributed by atoms with Crippen LogP contribution >= 0.6 is 27.5 Å². The summed E-state index contributed by atoms with van der Waals surface area (Å²) in [5.74, 6) is 0.385. The van der Waals surface area contributed by atoms with Crippen LogP contribution in [0.4, 0.5) is 5.82 Å². The van der Waals surface area contributed by atoms with Crippen molar-refractivity contribution >= 4 is 33.3 Å². The highest BCUT2D eigenvalue weighted by Gasteiger charge is 2.10. The van der Waals surface area contributed by atoms with Gasteiger partial charge in [-0.2, -0.15) is 0 Å². The number of H-pyrrole nitrogens is 1. The summed E-state index contributed by atoms with van der Waals surface area (Å²) in [6.07, 6.45) is 1.32. The van der Waals surface area contributed by atoms with Crippen LogP contribution in [0.15, 0.2) is 39.9 Å². The molecule has 0 saturated heterocycles. The van der Waals surface area contributed by atoms with Gasteiger partial charge in [-0.25, -0.2) is 4.98 Å². The van der Waals surface area contributed by atoms with Crippen LogP contribution < -0.4 is 10.9 Å². The fraction of sp³-hybridized carbons (Fsp3) is 0.167. The molecule has 0 saturated carbocycles. The average Bonchev–Trinajstić information content (AvgIpc) is 2.36. The maximum absolute atomic E-state index is 11.3. The predicted octanol–water partition coefficient (Wildman–Crippen LogP) is 3.36. The van der Waals surface area contributed by atoms with Gasteiger partial charge in [0.15, 0.2) is 5.82 Å². The fourth-order valence-electron chi connectivity index (χ4n) is 1.52. The van der Waals surface area contributed by atoms with Crippen LogP contribution in [0.3, 0.4) is 0 Å². The molecule has 1 aromatic carbocycles. The van der Waals surface area contributed by atoms with Gasteiger partial charge in [0.25, 0.3) is 5.56 Å². The summed E-state index contributed by atoms with van der Waals surface area (Å²) >= 11 is 9.26. The summed E-state index contributed by atoms with van der Waals surface area (Å²) in [6, 6.07) is 7.90. The number of nitrogens with zero attached hydrogens (tertiary/aromatic N) is 1. The Bertz CT molecular complexity index is 597. The first kappa shape index (κ1) is 13.1. The highest BCUT2D eigenvalue weighted by atomic mass is 79.9. The summed E-state index contributed by atoms with van der Waals surface area (Å²) in [4.78, 5) is 17.8. The van der Waals surface area contributed by atoms with Gasteiger partial charge in [0.2, 0.25) is 0 Å². The van der Waals surface area contributed by atoms with Gasteiger partial charge in [-0.15, -0.1) is 0 Å². The van der Waals surface area contributed by atoms with Crippen molar-refractivity contribution in [1.82, 2.24) is 9.97 Å². The van der Waals surface area contributed by atoms with Gasteiger partial charge >= 0.3 is 0 Å². The van der Waals surface area contributed by atoms with Crippen molar-refractivity contribution in [2.24, 2.45) is 0 Å². The summed E-state index contributed by atoms with van der Waals surface area (Å²) in [6.45, 7) is 1.97. The molecule has 0 aliphatic carbocycles. The van der Waals surface area contributed by atoms with E-state index in [9.17, 15) is 4.79 Å². The van der Waals surface area contributed by atoms with E-state index < -0.39 is 0 Å². The molecule has 2 rings (SSSR count).